The van der Waals surface area contributed by atoms with Gasteiger partial charge in [0.1, 0.15) is 5.75 Å². The third kappa shape index (κ3) is 4.37. The fourth-order valence-corrected chi connectivity index (χ4v) is 1.46. The molecule has 1 heteroatoms. The lowest BCUT2D eigenvalue weighted by Gasteiger charge is -2.07. The van der Waals surface area contributed by atoms with E-state index in [2.05, 4.69) is 32.4 Å². The standard InChI is InChI=1S/C14H21O/c1-4-12(2)6-5-7-13-8-10-14(15-3)11-9-13/h5,8-12H,4,6-7H2,1-3H3. The van der Waals surface area contributed by atoms with Crippen molar-refractivity contribution in [3.8, 4) is 5.75 Å². The number of benzene rings is 1. The first kappa shape index (κ1) is 12.1. The Morgan fingerprint density at radius 1 is 1.27 bits per heavy atom. The van der Waals surface area contributed by atoms with Gasteiger partial charge in [-0.1, -0.05) is 32.4 Å². The van der Waals surface area contributed by atoms with E-state index in [0.717, 1.165) is 18.1 Å². The van der Waals surface area contributed by atoms with Crippen LogP contribution in [0.4, 0.5) is 0 Å². The van der Waals surface area contributed by atoms with Crippen molar-refractivity contribution in [2.75, 3.05) is 7.11 Å². The molecule has 0 aliphatic carbocycles. The summed E-state index contributed by atoms with van der Waals surface area (Å²) in [5.41, 5.74) is 1.36. The average Bonchev–Trinajstić information content (AvgIpc) is 2.29. The van der Waals surface area contributed by atoms with Gasteiger partial charge in [-0.2, -0.15) is 0 Å². The van der Waals surface area contributed by atoms with E-state index in [1.165, 1.54) is 18.4 Å². The molecule has 0 fully saturated rings. The van der Waals surface area contributed by atoms with Crippen LogP contribution in [0.1, 0.15) is 32.3 Å². The summed E-state index contributed by atoms with van der Waals surface area (Å²) in [5.74, 6) is 1.74. The molecule has 1 nitrogen and oxygen atoms in total. The molecule has 0 aromatic heterocycles. The minimum Gasteiger partial charge on any atom is -0.497 e. The maximum absolute atomic E-state index is 5.12. The fraction of sp³-hybridized carbons (Fsp3) is 0.500. The van der Waals surface area contributed by atoms with Crippen molar-refractivity contribution in [1.82, 2.24) is 0 Å². The molecule has 1 radical (unpaired) electrons. The largest absolute Gasteiger partial charge is 0.497 e. The molecule has 83 valence electrons. The quantitative estimate of drug-likeness (QED) is 0.685. The lowest BCUT2D eigenvalue weighted by Crippen LogP contribution is -1.95. The highest BCUT2D eigenvalue weighted by atomic mass is 16.5. The molecule has 0 saturated heterocycles. The summed E-state index contributed by atoms with van der Waals surface area (Å²) in [6.45, 7) is 4.54. The summed E-state index contributed by atoms with van der Waals surface area (Å²) in [4.78, 5) is 0. The first-order chi connectivity index (χ1) is 7.26. The highest BCUT2D eigenvalue weighted by Crippen LogP contribution is 2.15. The van der Waals surface area contributed by atoms with Crippen LogP contribution < -0.4 is 4.74 Å². The fourth-order valence-electron chi connectivity index (χ4n) is 1.46. The summed E-state index contributed by atoms with van der Waals surface area (Å²) >= 11 is 0. The van der Waals surface area contributed by atoms with E-state index in [0.29, 0.717) is 0 Å². The van der Waals surface area contributed by atoms with Crippen molar-refractivity contribution < 1.29 is 4.74 Å². The van der Waals surface area contributed by atoms with E-state index in [-0.39, 0.29) is 0 Å². The summed E-state index contributed by atoms with van der Waals surface area (Å²) < 4.78 is 5.12. The third-order valence-electron chi connectivity index (χ3n) is 2.81. The summed E-state index contributed by atoms with van der Waals surface area (Å²) in [7, 11) is 1.70. The van der Waals surface area contributed by atoms with Gasteiger partial charge in [0.15, 0.2) is 0 Å². The zero-order chi connectivity index (χ0) is 11.1. The van der Waals surface area contributed by atoms with Crippen LogP contribution in [0.3, 0.4) is 0 Å². The molecule has 0 bridgehead atoms. The van der Waals surface area contributed by atoms with Crippen molar-refractivity contribution in [3.05, 3.63) is 36.2 Å². The maximum Gasteiger partial charge on any atom is 0.118 e. The van der Waals surface area contributed by atoms with E-state index in [4.69, 9.17) is 4.74 Å². The number of hydrogen-bond donors (Lipinski definition) is 0. The molecular weight excluding hydrogens is 184 g/mol. The van der Waals surface area contributed by atoms with Crippen LogP contribution in [0.15, 0.2) is 24.3 Å². The van der Waals surface area contributed by atoms with Crippen LogP contribution in [0.2, 0.25) is 0 Å². The summed E-state index contributed by atoms with van der Waals surface area (Å²) in [6, 6.07) is 8.30. The van der Waals surface area contributed by atoms with Gasteiger partial charge in [-0.3, -0.25) is 0 Å². The van der Waals surface area contributed by atoms with E-state index in [1.807, 2.05) is 12.1 Å². The second-order valence-electron chi connectivity index (χ2n) is 4.09. The number of methoxy groups -OCH3 is 1. The van der Waals surface area contributed by atoms with Crippen LogP contribution >= 0.6 is 0 Å². The lowest BCUT2D eigenvalue weighted by molar-refractivity contribution is 0.414. The number of hydrogen-bond acceptors (Lipinski definition) is 1. The summed E-state index contributed by atoms with van der Waals surface area (Å²) in [6.07, 6.45) is 5.91. The maximum atomic E-state index is 5.12. The van der Waals surface area contributed by atoms with E-state index in [9.17, 15) is 0 Å². The Balaban J connectivity index is 2.31. The highest BCUT2D eigenvalue weighted by molar-refractivity contribution is 5.27. The Labute approximate surface area is 93.5 Å². The molecule has 0 spiro atoms. The first-order valence-electron chi connectivity index (χ1n) is 5.70. The van der Waals surface area contributed by atoms with Crippen molar-refractivity contribution in [3.63, 3.8) is 0 Å². The van der Waals surface area contributed by atoms with Crippen molar-refractivity contribution in [1.29, 1.82) is 0 Å². The zero-order valence-electron chi connectivity index (χ0n) is 9.99. The molecule has 0 N–H and O–H groups in total. The van der Waals surface area contributed by atoms with Gasteiger partial charge >= 0.3 is 0 Å². The number of ether oxygens (including phenoxy) is 1. The van der Waals surface area contributed by atoms with Gasteiger partial charge in [0.05, 0.1) is 7.11 Å². The van der Waals surface area contributed by atoms with Crippen LogP contribution in [0.5, 0.6) is 5.75 Å². The molecule has 0 amide bonds. The molecule has 1 aromatic rings. The molecule has 1 atom stereocenters. The van der Waals surface area contributed by atoms with Crippen LogP contribution in [0.25, 0.3) is 0 Å². The molecule has 0 saturated carbocycles. The number of rotatable bonds is 6. The Morgan fingerprint density at radius 2 is 1.93 bits per heavy atom. The SMILES string of the molecule is CCC(C)C[CH]Cc1ccc(OC)cc1. The van der Waals surface area contributed by atoms with Crippen LogP contribution in [0, 0.1) is 12.3 Å². The van der Waals surface area contributed by atoms with Crippen LogP contribution in [-0.2, 0) is 6.42 Å². The van der Waals surface area contributed by atoms with Crippen molar-refractivity contribution in [2.24, 2.45) is 5.92 Å². The molecule has 1 rings (SSSR count). The van der Waals surface area contributed by atoms with Gasteiger partial charge in [0.2, 0.25) is 0 Å². The molecule has 0 heterocycles. The smallest absolute Gasteiger partial charge is 0.118 e. The van der Waals surface area contributed by atoms with Crippen molar-refractivity contribution in [2.45, 2.75) is 33.1 Å². The zero-order valence-corrected chi connectivity index (χ0v) is 9.99. The Morgan fingerprint density at radius 3 is 2.47 bits per heavy atom. The molecule has 0 aliphatic rings. The van der Waals surface area contributed by atoms with Gasteiger partial charge in [0.25, 0.3) is 0 Å². The lowest BCUT2D eigenvalue weighted by atomic mass is 9.99. The van der Waals surface area contributed by atoms with E-state index in [1.54, 1.807) is 7.11 Å². The Hall–Kier alpha value is -0.980. The van der Waals surface area contributed by atoms with Gasteiger partial charge in [0, 0.05) is 0 Å². The van der Waals surface area contributed by atoms with Gasteiger partial charge in [-0.15, -0.1) is 0 Å². The third-order valence-corrected chi connectivity index (χ3v) is 2.81. The normalized spacial score (nSPS) is 12.5. The highest BCUT2D eigenvalue weighted by Gasteiger charge is 1.99. The van der Waals surface area contributed by atoms with Gasteiger partial charge < -0.3 is 4.74 Å². The van der Waals surface area contributed by atoms with Crippen molar-refractivity contribution >= 4 is 0 Å². The van der Waals surface area contributed by atoms with E-state index < -0.39 is 0 Å². The minimum absolute atomic E-state index is 0.809. The molecule has 1 unspecified atom stereocenters. The monoisotopic (exact) mass is 205 g/mol. The predicted molar refractivity (Wildman–Crippen MR) is 65.1 cm³/mol. The average molecular weight is 205 g/mol. The minimum atomic E-state index is 0.809. The van der Waals surface area contributed by atoms with Gasteiger partial charge in [-0.05, 0) is 42.9 Å². The second-order valence-corrected chi connectivity index (χ2v) is 4.09. The second kappa shape index (κ2) is 6.49. The Kier molecular flexibility index (Phi) is 5.23. The summed E-state index contributed by atoms with van der Waals surface area (Å²) in [5, 5.41) is 0. The van der Waals surface area contributed by atoms with E-state index >= 15 is 0 Å². The molecule has 1 aromatic carbocycles. The first-order valence-corrected chi connectivity index (χ1v) is 5.70. The topological polar surface area (TPSA) is 9.23 Å². The molecule has 15 heavy (non-hydrogen) atoms. The Bertz CT molecular complexity index is 263. The molecular formula is C14H21O. The molecule has 0 aliphatic heterocycles. The van der Waals surface area contributed by atoms with Gasteiger partial charge in [-0.25, -0.2) is 0 Å². The predicted octanol–water partition coefficient (Wildman–Crippen LogP) is 3.88. The van der Waals surface area contributed by atoms with Crippen LogP contribution in [-0.4, -0.2) is 7.11 Å².